The molecule has 0 saturated carbocycles. The third-order valence-corrected chi connectivity index (χ3v) is 5.55. The number of piperidine rings is 1. The van der Waals surface area contributed by atoms with Crippen LogP contribution in [-0.2, 0) is 11.3 Å². The van der Waals surface area contributed by atoms with Crippen LogP contribution in [0, 0.1) is 11.8 Å². The monoisotopic (exact) mass is 323 g/mol. The van der Waals surface area contributed by atoms with Gasteiger partial charge in [0.15, 0.2) is 0 Å². The molecule has 3 N–H and O–H groups in total. The number of amides is 1. The molecule has 0 bridgehead atoms. The van der Waals surface area contributed by atoms with Gasteiger partial charge in [-0.3, -0.25) is 9.69 Å². The number of carbonyl (C=O) groups is 1. The highest BCUT2D eigenvalue weighted by molar-refractivity contribution is 7.09. The van der Waals surface area contributed by atoms with Crippen molar-refractivity contribution in [2.45, 2.75) is 45.7 Å². The smallest absolute Gasteiger partial charge is 0.237 e. The zero-order chi connectivity index (χ0) is 15.9. The number of hydrogen-bond donors (Lipinski definition) is 2. The summed E-state index contributed by atoms with van der Waals surface area (Å²) in [5, 5.41) is 5.19. The van der Waals surface area contributed by atoms with Gasteiger partial charge < -0.3 is 11.1 Å². The van der Waals surface area contributed by atoms with Crippen LogP contribution in [0.4, 0.5) is 0 Å². The lowest BCUT2D eigenvalue weighted by Gasteiger charge is -2.32. The third-order valence-electron chi connectivity index (χ3n) is 4.69. The topological polar surface area (TPSA) is 58.4 Å². The molecule has 5 heteroatoms. The molecular formula is C17H29N3OS. The quantitative estimate of drug-likeness (QED) is 0.810. The van der Waals surface area contributed by atoms with Crippen molar-refractivity contribution in [2.24, 2.45) is 17.6 Å². The second-order valence-corrected chi connectivity index (χ2v) is 7.51. The van der Waals surface area contributed by atoms with Gasteiger partial charge in [0.2, 0.25) is 5.91 Å². The average Bonchev–Trinajstić information content (AvgIpc) is 3.04. The summed E-state index contributed by atoms with van der Waals surface area (Å²) >= 11 is 1.82. The predicted octanol–water partition coefficient (Wildman–Crippen LogP) is 2.45. The zero-order valence-corrected chi connectivity index (χ0v) is 14.6. The molecule has 0 spiro atoms. The number of nitrogens with zero attached hydrogens (tertiary/aromatic N) is 1. The van der Waals surface area contributed by atoms with E-state index in [9.17, 15) is 4.79 Å². The van der Waals surface area contributed by atoms with Crippen LogP contribution in [0.5, 0.6) is 0 Å². The molecule has 22 heavy (non-hydrogen) atoms. The summed E-state index contributed by atoms with van der Waals surface area (Å²) in [5.41, 5.74) is 5.98. The molecule has 3 atom stereocenters. The first-order chi connectivity index (χ1) is 10.6. The van der Waals surface area contributed by atoms with E-state index in [1.807, 2.05) is 18.3 Å². The van der Waals surface area contributed by atoms with Gasteiger partial charge in [-0.2, -0.15) is 0 Å². The molecule has 2 heterocycles. The minimum Gasteiger partial charge on any atom is -0.354 e. The Labute approximate surface area is 138 Å². The summed E-state index contributed by atoms with van der Waals surface area (Å²) in [6, 6.07) is 3.93. The molecule has 1 aliphatic rings. The second-order valence-electron chi connectivity index (χ2n) is 6.48. The first kappa shape index (κ1) is 17.4. The molecule has 0 aromatic carbocycles. The molecule has 1 aliphatic heterocycles. The van der Waals surface area contributed by atoms with Gasteiger partial charge in [0, 0.05) is 24.5 Å². The van der Waals surface area contributed by atoms with E-state index in [1.165, 1.54) is 17.7 Å². The molecule has 1 amide bonds. The van der Waals surface area contributed by atoms with E-state index in [0.717, 1.165) is 32.6 Å². The fraction of sp³-hybridized carbons (Fsp3) is 0.706. The average molecular weight is 324 g/mol. The van der Waals surface area contributed by atoms with Crippen LogP contribution < -0.4 is 11.1 Å². The van der Waals surface area contributed by atoms with Crippen LogP contribution >= 0.6 is 11.3 Å². The molecule has 2 rings (SSSR count). The molecule has 1 aromatic rings. The molecule has 4 nitrogen and oxygen atoms in total. The number of nitrogens with one attached hydrogen (secondary N) is 1. The molecule has 1 aromatic heterocycles. The summed E-state index contributed by atoms with van der Waals surface area (Å²) < 4.78 is 0. The molecule has 1 fully saturated rings. The van der Waals surface area contributed by atoms with Gasteiger partial charge in [0.25, 0.3) is 0 Å². The number of hydrogen-bond acceptors (Lipinski definition) is 4. The minimum absolute atomic E-state index is 0.00438. The Morgan fingerprint density at radius 2 is 2.41 bits per heavy atom. The Bertz CT molecular complexity index is 449. The van der Waals surface area contributed by atoms with E-state index in [-0.39, 0.29) is 17.9 Å². The summed E-state index contributed by atoms with van der Waals surface area (Å²) in [7, 11) is 0. The first-order valence-electron chi connectivity index (χ1n) is 8.38. The Hall–Kier alpha value is -0.910. The van der Waals surface area contributed by atoms with Gasteiger partial charge in [-0.1, -0.05) is 26.3 Å². The first-order valence-corrected chi connectivity index (χ1v) is 9.26. The van der Waals surface area contributed by atoms with Gasteiger partial charge in [0.1, 0.15) is 0 Å². The second kappa shape index (κ2) is 8.65. The highest BCUT2D eigenvalue weighted by atomic mass is 32.1. The molecule has 124 valence electrons. The van der Waals surface area contributed by atoms with E-state index in [1.54, 1.807) is 0 Å². The van der Waals surface area contributed by atoms with Crippen molar-refractivity contribution in [3.8, 4) is 0 Å². The van der Waals surface area contributed by atoms with Crippen LogP contribution in [0.25, 0.3) is 0 Å². The maximum atomic E-state index is 12.1. The van der Waals surface area contributed by atoms with Gasteiger partial charge in [0.05, 0.1) is 6.04 Å². The maximum absolute atomic E-state index is 12.1. The number of likely N-dealkylation sites (tertiary alicyclic amines) is 1. The van der Waals surface area contributed by atoms with Gasteiger partial charge in [-0.05, 0) is 42.7 Å². The molecule has 0 radical (unpaired) electrons. The maximum Gasteiger partial charge on any atom is 0.237 e. The minimum atomic E-state index is -0.379. The van der Waals surface area contributed by atoms with Crippen LogP contribution in [0.2, 0.25) is 0 Å². The fourth-order valence-corrected chi connectivity index (χ4v) is 3.71. The molecule has 0 aliphatic carbocycles. The normalized spacial score (nSPS) is 22.2. The Morgan fingerprint density at radius 1 is 1.59 bits per heavy atom. The highest BCUT2D eigenvalue weighted by Gasteiger charge is 2.23. The van der Waals surface area contributed by atoms with Crippen molar-refractivity contribution in [1.82, 2.24) is 10.2 Å². The number of rotatable bonds is 7. The highest BCUT2D eigenvalue weighted by Crippen LogP contribution is 2.20. The van der Waals surface area contributed by atoms with Gasteiger partial charge >= 0.3 is 0 Å². The van der Waals surface area contributed by atoms with E-state index in [2.05, 4.69) is 34.7 Å². The summed E-state index contributed by atoms with van der Waals surface area (Å²) in [5.74, 6) is 0.785. The fourth-order valence-electron chi connectivity index (χ4n) is 2.96. The molecule has 3 unspecified atom stereocenters. The van der Waals surface area contributed by atoms with Crippen molar-refractivity contribution >= 4 is 17.2 Å². The number of thiophene rings is 1. The van der Waals surface area contributed by atoms with Crippen molar-refractivity contribution in [3.63, 3.8) is 0 Å². The van der Waals surface area contributed by atoms with E-state index in [0.29, 0.717) is 5.92 Å². The summed E-state index contributed by atoms with van der Waals surface area (Å²) in [4.78, 5) is 16.0. The van der Waals surface area contributed by atoms with Crippen LogP contribution in [0.3, 0.4) is 0 Å². The Kier molecular flexibility index (Phi) is 6.86. The number of carbonyl (C=O) groups excluding carboxylic acids is 1. The van der Waals surface area contributed by atoms with Crippen molar-refractivity contribution in [2.75, 3.05) is 19.6 Å². The van der Waals surface area contributed by atoms with Crippen LogP contribution in [-0.4, -0.2) is 36.5 Å². The Morgan fingerprint density at radius 3 is 3.09 bits per heavy atom. The predicted molar refractivity (Wildman–Crippen MR) is 92.8 cm³/mol. The Balaban J connectivity index is 1.74. The largest absolute Gasteiger partial charge is 0.354 e. The zero-order valence-electron chi connectivity index (χ0n) is 13.8. The number of nitrogens with two attached hydrogens (primary N) is 1. The van der Waals surface area contributed by atoms with Crippen molar-refractivity contribution in [3.05, 3.63) is 22.4 Å². The van der Waals surface area contributed by atoms with Gasteiger partial charge in [-0.25, -0.2) is 0 Å². The lowest BCUT2D eigenvalue weighted by atomic mass is 9.96. The molecular weight excluding hydrogens is 294 g/mol. The van der Waals surface area contributed by atoms with Crippen molar-refractivity contribution < 1.29 is 4.79 Å². The lowest BCUT2D eigenvalue weighted by molar-refractivity contribution is -0.123. The third kappa shape index (κ3) is 5.07. The van der Waals surface area contributed by atoms with E-state index < -0.39 is 0 Å². The summed E-state index contributed by atoms with van der Waals surface area (Å²) in [6.07, 6.45) is 3.34. The van der Waals surface area contributed by atoms with Crippen molar-refractivity contribution in [1.29, 1.82) is 0 Å². The molecule has 1 saturated heterocycles. The summed E-state index contributed by atoms with van der Waals surface area (Å²) in [6.45, 7) is 8.12. The lowest BCUT2D eigenvalue weighted by Crippen LogP contribution is -2.47. The van der Waals surface area contributed by atoms with Gasteiger partial charge in [-0.15, -0.1) is 11.3 Å². The van der Waals surface area contributed by atoms with Crippen LogP contribution in [0.15, 0.2) is 17.5 Å². The standard InChI is InChI=1S/C17H29N3OS/c1-3-13(2)16(18)17(21)19-10-14-6-4-8-20(11-14)12-15-7-5-9-22-15/h5,7,9,13-14,16H,3-4,6,8,10-12,18H2,1-2H3,(H,19,21). The van der Waals surface area contributed by atoms with Crippen LogP contribution in [0.1, 0.15) is 38.0 Å². The van der Waals surface area contributed by atoms with E-state index in [4.69, 9.17) is 5.73 Å². The van der Waals surface area contributed by atoms with E-state index >= 15 is 0 Å². The SMILES string of the molecule is CCC(C)C(N)C(=O)NCC1CCCN(Cc2cccs2)C1.